The van der Waals surface area contributed by atoms with Crippen LogP contribution in [0.3, 0.4) is 0 Å². The smallest absolute Gasteiger partial charge is 0.354 e. The summed E-state index contributed by atoms with van der Waals surface area (Å²) in [5.41, 5.74) is -6.01. The van der Waals surface area contributed by atoms with Crippen LogP contribution in [0.4, 0.5) is 30.7 Å². The summed E-state index contributed by atoms with van der Waals surface area (Å²) in [6.45, 7) is 0. The van der Waals surface area contributed by atoms with Crippen LogP contribution in [0.15, 0.2) is 42.7 Å². The molecule has 10 heteroatoms. The molecule has 0 aliphatic carbocycles. The molecule has 0 aliphatic heterocycles. The zero-order valence-corrected chi connectivity index (χ0v) is 13.3. The van der Waals surface area contributed by atoms with E-state index in [9.17, 15) is 30.7 Å². The Balaban J connectivity index is 2.17. The first-order valence-corrected chi connectivity index (χ1v) is 7.38. The number of hydrogen-bond donors (Lipinski definition) is 1. The lowest BCUT2D eigenvalue weighted by molar-refractivity contribution is -0.348. The van der Waals surface area contributed by atoms with E-state index in [1.807, 2.05) is 0 Å². The van der Waals surface area contributed by atoms with Crippen molar-refractivity contribution in [3.63, 3.8) is 0 Å². The number of aromatic nitrogens is 2. The number of halogens is 8. The number of nitrogens with one attached hydrogen (secondary N) is 1. The topological polar surface area (TPSA) is 28.7 Å². The monoisotopic (exact) mass is 396 g/mol. The van der Waals surface area contributed by atoms with E-state index in [-0.39, 0.29) is 15.9 Å². The Morgan fingerprint density at radius 1 is 0.885 bits per heavy atom. The Bertz CT molecular complexity index is 945. The number of hydrogen-bond acceptors (Lipinski definition) is 1. The lowest BCUT2D eigenvalue weighted by atomic mass is 9.93. The van der Waals surface area contributed by atoms with Crippen LogP contribution in [-0.2, 0) is 5.67 Å². The summed E-state index contributed by atoms with van der Waals surface area (Å²) in [5, 5.41) is 0.200. The minimum Gasteiger partial charge on any atom is -0.354 e. The van der Waals surface area contributed by atoms with Gasteiger partial charge in [0, 0.05) is 40.1 Å². The van der Waals surface area contributed by atoms with Crippen LogP contribution in [0.2, 0.25) is 5.02 Å². The fraction of sp³-hybridized carbons (Fsp3) is 0.188. The summed E-state index contributed by atoms with van der Waals surface area (Å²) in [7, 11) is 0. The number of aromatic amines is 1. The van der Waals surface area contributed by atoms with Gasteiger partial charge in [-0.05, 0) is 24.3 Å². The molecule has 1 N–H and O–H groups in total. The molecule has 138 valence electrons. The SMILES string of the molecule is FC(F)(F)C(F)(c1ccc2[nH]c(-c3ccncc3Cl)cc2c1)C(F)(F)F. The fourth-order valence-corrected chi connectivity index (χ4v) is 2.79. The molecule has 3 aromatic rings. The fourth-order valence-electron chi connectivity index (χ4n) is 2.57. The minimum atomic E-state index is -6.16. The van der Waals surface area contributed by atoms with Gasteiger partial charge in [0.1, 0.15) is 0 Å². The van der Waals surface area contributed by atoms with Gasteiger partial charge >= 0.3 is 18.0 Å². The minimum absolute atomic E-state index is 0.0269. The Morgan fingerprint density at radius 3 is 2.12 bits per heavy atom. The highest BCUT2D eigenvalue weighted by Crippen LogP contribution is 2.53. The van der Waals surface area contributed by atoms with Gasteiger partial charge in [-0.15, -0.1) is 0 Å². The number of rotatable bonds is 2. The van der Waals surface area contributed by atoms with Crippen molar-refractivity contribution in [3.8, 4) is 11.3 Å². The summed E-state index contributed by atoms with van der Waals surface area (Å²) < 4.78 is 91.5. The van der Waals surface area contributed by atoms with Crippen LogP contribution in [0.1, 0.15) is 5.56 Å². The second-order valence-electron chi connectivity index (χ2n) is 5.49. The summed E-state index contributed by atoms with van der Waals surface area (Å²) in [6.07, 6.45) is -9.58. The summed E-state index contributed by atoms with van der Waals surface area (Å²) in [5.74, 6) is 0. The highest BCUT2D eigenvalue weighted by atomic mass is 35.5. The van der Waals surface area contributed by atoms with Crippen LogP contribution < -0.4 is 0 Å². The van der Waals surface area contributed by atoms with Crippen molar-refractivity contribution in [1.29, 1.82) is 0 Å². The number of alkyl halides is 7. The van der Waals surface area contributed by atoms with E-state index in [4.69, 9.17) is 11.6 Å². The van der Waals surface area contributed by atoms with E-state index < -0.39 is 23.6 Å². The first kappa shape index (κ1) is 18.5. The zero-order valence-electron chi connectivity index (χ0n) is 12.5. The predicted octanol–water partition coefficient (Wildman–Crippen LogP) is 6.17. The average Bonchev–Trinajstić information content (AvgIpc) is 2.95. The maximum atomic E-state index is 14.2. The molecule has 2 nitrogen and oxygen atoms in total. The molecule has 0 spiro atoms. The largest absolute Gasteiger partial charge is 0.435 e. The first-order chi connectivity index (χ1) is 11.9. The molecular formula is C16H8ClF7N2. The van der Waals surface area contributed by atoms with Crippen LogP contribution in [0.5, 0.6) is 0 Å². The lowest BCUT2D eigenvalue weighted by Crippen LogP contribution is -2.50. The third kappa shape index (κ3) is 2.80. The van der Waals surface area contributed by atoms with Crippen LogP contribution in [0.25, 0.3) is 22.2 Å². The molecule has 26 heavy (non-hydrogen) atoms. The number of H-pyrrole nitrogens is 1. The second kappa shape index (κ2) is 5.87. The Kier molecular flexibility index (Phi) is 4.18. The van der Waals surface area contributed by atoms with Gasteiger partial charge < -0.3 is 4.98 Å². The second-order valence-corrected chi connectivity index (χ2v) is 5.90. The maximum Gasteiger partial charge on any atom is 0.435 e. The van der Waals surface area contributed by atoms with Gasteiger partial charge in [-0.25, -0.2) is 4.39 Å². The van der Waals surface area contributed by atoms with Gasteiger partial charge in [-0.2, -0.15) is 26.3 Å². The highest BCUT2D eigenvalue weighted by molar-refractivity contribution is 6.33. The molecular weight excluding hydrogens is 389 g/mol. The van der Waals surface area contributed by atoms with Crippen LogP contribution >= 0.6 is 11.6 Å². The van der Waals surface area contributed by atoms with E-state index in [0.717, 1.165) is 6.07 Å². The number of fused-ring (bicyclic) bond motifs is 1. The van der Waals surface area contributed by atoms with E-state index in [0.29, 0.717) is 23.4 Å². The lowest BCUT2D eigenvalue weighted by Gasteiger charge is -2.30. The van der Waals surface area contributed by atoms with E-state index in [1.165, 1.54) is 24.5 Å². The molecule has 0 amide bonds. The number of pyridine rings is 1. The quantitative estimate of drug-likeness (QED) is 0.515. The van der Waals surface area contributed by atoms with Gasteiger partial charge in [0.25, 0.3) is 0 Å². The Hall–Kier alpha value is -2.29. The molecule has 1 aromatic carbocycles. The standard InChI is InChI=1S/C16H8ClF7N2/c17-11-7-25-4-3-10(11)13-6-8-5-9(1-2-12(8)26-13)14(18,15(19,20)21)16(22,23)24/h1-7,26H. The van der Waals surface area contributed by atoms with E-state index in [2.05, 4.69) is 9.97 Å². The number of benzene rings is 1. The normalized spacial score (nSPS) is 13.4. The summed E-state index contributed by atoms with van der Waals surface area (Å²) >= 11 is 5.97. The van der Waals surface area contributed by atoms with Crippen molar-refractivity contribution in [2.24, 2.45) is 0 Å². The molecule has 0 atom stereocenters. The zero-order chi connectivity index (χ0) is 19.3. The molecule has 0 fully saturated rings. The van der Waals surface area contributed by atoms with Gasteiger partial charge in [-0.1, -0.05) is 17.7 Å². The number of nitrogens with zero attached hydrogens (tertiary/aromatic N) is 1. The molecule has 2 aromatic heterocycles. The van der Waals surface area contributed by atoms with E-state index in [1.54, 1.807) is 0 Å². The third-order valence-electron chi connectivity index (χ3n) is 3.86. The van der Waals surface area contributed by atoms with Gasteiger partial charge in [-0.3, -0.25) is 4.98 Å². The highest BCUT2D eigenvalue weighted by Gasteiger charge is 2.73. The molecule has 0 radical (unpaired) electrons. The van der Waals surface area contributed by atoms with Crippen molar-refractivity contribution in [2.75, 3.05) is 0 Å². The molecule has 0 unspecified atom stereocenters. The predicted molar refractivity (Wildman–Crippen MR) is 81.4 cm³/mol. The Labute approximate surface area is 146 Å². The maximum absolute atomic E-state index is 14.2. The average molecular weight is 397 g/mol. The third-order valence-corrected chi connectivity index (χ3v) is 4.16. The molecule has 0 saturated carbocycles. The molecule has 0 saturated heterocycles. The van der Waals surface area contributed by atoms with Crippen molar-refractivity contribution in [1.82, 2.24) is 9.97 Å². The van der Waals surface area contributed by atoms with E-state index >= 15 is 0 Å². The Morgan fingerprint density at radius 2 is 1.54 bits per heavy atom. The summed E-state index contributed by atoms with van der Waals surface area (Å²) in [4.78, 5) is 6.59. The van der Waals surface area contributed by atoms with Crippen molar-refractivity contribution in [3.05, 3.63) is 53.3 Å². The van der Waals surface area contributed by atoms with Crippen LogP contribution in [0, 0.1) is 0 Å². The molecule has 0 bridgehead atoms. The first-order valence-electron chi connectivity index (χ1n) is 7.00. The van der Waals surface area contributed by atoms with Crippen molar-refractivity contribution >= 4 is 22.5 Å². The van der Waals surface area contributed by atoms with Gasteiger partial charge in [0.2, 0.25) is 0 Å². The van der Waals surface area contributed by atoms with Crippen LogP contribution in [-0.4, -0.2) is 22.3 Å². The van der Waals surface area contributed by atoms with Gasteiger partial charge in [0.15, 0.2) is 0 Å². The van der Waals surface area contributed by atoms with Gasteiger partial charge in [0.05, 0.1) is 5.02 Å². The molecule has 0 aliphatic rings. The summed E-state index contributed by atoms with van der Waals surface area (Å²) in [6, 6.07) is 4.73. The molecule has 2 heterocycles. The van der Waals surface area contributed by atoms with Crippen molar-refractivity contribution in [2.45, 2.75) is 18.0 Å². The molecule has 3 rings (SSSR count). The van der Waals surface area contributed by atoms with Crippen molar-refractivity contribution < 1.29 is 30.7 Å².